The average molecular weight is 424 g/mol. The summed E-state index contributed by atoms with van der Waals surface area (Å²) in [7, 11) is 0. The van der Waals surface area contributed by atoms with E-state index >= 15 is 0 Å². The van der Waals surface area contributed by atoms with Crippen molar-refractivity contribution in [1.82, 2.24) is 10.5 Å². The number of carbonyl (C=O) groups excluding carboxylic acids is 2. The van der Waals surface area contributed by atoms with Gasteiger partial charge in [0.25, 0.3) is 5.91 Å². The van der Waals surface area contributed by atoms with Crippen LogP contribution < -0.4 is 10.6 Å². The molecule has 6 nitrogen and oxygen atoms in total. The summed E-state index contributed by atoms with van der Waals surface area (Å²) in [6.45, 7) is 7.56. The molecule has 1 heterocycles. The van der Waals surface area contributed by atoms with Crippen LogP contribution in [0.1, 0.15) is 38.5 Å². The normalized spacial score (nSPS) is 10.7. The highest BCUT2D eigenvalue weighted by molar-refractivity contribution is 7.98. The van der Waals surface area contributed by atoms with Gasteiger partial charge in [-0.05, 0) is 51.0 Å². The molecule has 0 aliphatic heterocycles. The van der Waals surface area contributed by atoms with Gasteiger partial charge in [-0.2, -0.15) is 0 Å². The average Bonchev–Trinajstić information content (AvgIpc) is 3.05. The molecule has 2 N–H and O–H groups in total. The fraction of sp³-hybridized carbons (Fsp3) is 0.261. The number of nitrogens with zero attached hydrogens (tertiary/aromatic N) is 1. The second kappa shape index (κ2) is 9.63. The first-order valence-electron chi connectivity index (χ1n) is 9.64. The summed E-state index contributed by atoms with van der Waals surface area (Å²) >= 11 is 1.54. The summed E-state index contributed by atoms with van der Waals surface area (Å²) in [5.74, 6) is 0.888. The van der Waals surface area contributed by atoms with E-state index in [1.54, 1.807) is 17.8 Å². The van der Waals surface area contributed by atoms with Crippen molar-refractivity contribution in [3.63, 3.8) is 0 Å². The standard InChI is InChI=1S/C23H25N3O3S/c1-14-8-7-9-15(2)22(14)25-21(27)12-24-23(28)18-10-5-6-11-20(18)30-13-19-16(3)26-29-17(19)4/h5-11H,12-13H2,1-4H3,(H,24,28)(H,25,27). The number of carbonyl (C=O) groups is 2. The number of anilines is 1. The molecule has 0 spiro atoms. The Bertz CT molecular complexity index is 1040. The molecule has 0 bridgehead atoms. The Kier molecular flexibility index (Phi) is 6.95. The molecule has 0 radical (unpaired) electrons. The molecule has 0 unspecified atom stereocenters. The van der Waals surface area contributed by atoms with Gasteiger partial charge >= 0.3 is 0 Å². The summed E-state index contributed by atoms with van der Waals surface area (Å²) in [5, 5.41) is 9.57. The van der Waals surface area contributed by atoms with Gasteiger partial charge in [0.1, 0.15) is 5.76 Å². The van der Waals surface area contributed by atoms with Crippen molar-refractivity contribution in [3.05, 3.63) is 76.2 Å². The van der Waals surface area contributed by atoms with Crippen LogP contribution in [0.15, 0.2) is 51.9 Å². The maximum atomic E-state index is 12.7. The Morgan fingerprint density at radius 1 is 1.00 bits per heavy atom. The van der Waals surface area contributed by atoms with Crippen LogP contribution >= 0.6 is 11.8 Å². The Morgan fingerprint density at radius 2 is 1.70 bits per heavy atom. The van der Waals surface area contributed by atoms with Crippen molar-refractivity contribution in [2.24, 2.45) is 0 Å². The van der Waals surface area contributed by atoms with Gasteiger partial charge < -0.3 is 15.2 Å². The molecule has 7 heteroatoms. The third kappa shape index (κ3) is 5.10. The number of aryl methyl sites for hydroxylation is 4. The van der Waals surface area contributed by atoms with E-state index in [1.807, 2.05) is 64.1 Å². The number of thioether (sulfide) groups is 1. The zero-order valence-electron chi connectivity index (χ0n) is 17.5. The number of hydrogen-bond donors (Lipinski definition) is 2. The highest BCUT2D eigenvalue weighted by Gasteiger charge is 2.15. The number of aromatic nitrogens is 1. The molecule has 3 rings (SSSR count). The van der Waals surface area contributed by atoms with Crippen molar-refractivity contribution in [1.29, 1.82) is 0 Å². The van der Waals surface area contributed by atoms with E-state index in [2.05, 4.69) is 15.8 Å². The molecule has 156 valence electrons. The molecule has 1 aromatic heterocycles. The van der Waals surface area contributed by atoms with Gasteiger partial charge in [-0.3, -0.25) is 9.59 Å². The lowest BCUT2D eigenvalue weighted by Crippen LogP contribution is -2.33. The second-order valence-electron chi connectivity index (χ2n) is 7.09. The zero-order chi connectivity index (χ0) is 21.7. The molecule has 0 saturated heterocycles. The Morgan fingerprint density at radius 3 is 2.37 bits per heavy atom. The van der Waals surface area contributed by atoms with E-state index < -0.39 is 0 Å². The van der Waals surface area contributed by atoms with E-state index in [-0.39, 0.29) is 18.4 Å². The molecule has 0 fully saturated rings. The van der Waals surface area contributed by atoms with Crippen LogP contribution in [0.2, 0.25) is 0 Å². The Balaban J connectivity index is 1.62. The van der Waals surface area contributed by atoms with Gasteiger partial charge in [0.2, 0.25) is 5.91 Å². The Hall–Kier alpha value is -3.06. The lowest BCUT2D eigenvalue weighted by atomic mass is 10.1. The minimum Gasteiger partial charge on any atom is -0.361 e. The minimum absolute atomic E-state index is 0.102. The molecule has 3 aromatic rings. The monoisotopic (exact) mass is 423 g/mol. The molecule has 0 aliphatic rings. The van der Waals surface area contributed by atoms with Crippen LogP contribution in [0.4, 0.5) is 5.69 Å². The first kappa shape index (κ1) is 21.6. The highest BCUT2D eigenvalue weighted by Crippen LogP contribution is 2.28. The fourth-order valence-electron chi connectivity index (χ4n) is 3.09. The van der Waals surface area contributed by atoms with Gasteiger partial charge in [-0.25, -0.2) is 0 Å². The van der Waals surface area contributed by atoms with Crippen LogP contribution in [0.5, 0.6) is 0 Å². The lowest BCUT2D eigenvalue weighted by molar-refractivity contribution is -0.115. The van der Waals surface area contributed by atoms with E-state index in [0.717, 1.165) is 38.7 Å². The molecule has 0 aliphatic carbocycles. The number of hydrogen-bond acceptors (Lipinski definition) is 5. The molecule has 0 atom stereocenters. The van der Waals surface area contributed by atoms with Crippen molar-refractivity contribution in [3.8, 4) is 0 Å². The highest BCUT2D eigenvalue weighted by atomic mass is 32.2. The first-order valence-corrected chi connectivity index (χ1v) is 10.6. The molecule has 2 amide bonds. The molecule has 0 saturated carbocycles. The van der Waals surface area contributed by atoms with Gasteiger partial charge in [0.05, 0.1) is 17.8 Å². The maximum absolute atomic E-state index is 12.7. The Labute approximate surface area is 180 Å². The van der Waals surface area contributed by atoms with Gasteiger partial charge in [0, 0.05) is 21.9 Å². The van der Waals surface area contributed by atoms with E-state index in [9.17, 15) is 9.59 Å². The second-order valence-corrected chi connectivity index (χ2v) is 8.10. The summed E-state index contributed by atoms with van der Waals surface area (Å²) < 4.78 is 5.20. The van der Waals surface area contributed by atoms with Crippen LogP contribution in [0, 0.1) is 27.7 Å². The zero-order valence-corrected chi connectivity index (χ0v) is 18.4. The summed E-state index contributed by atoms with van der Waals surface area (Å²) in [6, 6.07) is 13.2. The maximum Gasteiger partial charge on any atom is 0.252 e. The fourth-order valence-corrected chi connectivity index (χ4v) is 4.29. The van der Waals surface area contributed by atoms with Crippen LogP contribution in [0.25, 0.3) is 0 Å². The smallest absolute Gasteiger partial charge is 0.252 e. The van der Waals surface area contributed by atoms with Gasteiger partial charge in [-0.15, -0.1) is 11.8 Å². The predicted octanol–water partition coefficient (Wildman–Crippen LogP) is 4.57. The SMILES string of the molecule is Cc1cccc(C)c1NC(=O)CNC(=O)c1ccccc1SCc1c(C)noc1C. The largest absolute Gasteiger partial charge is 0.361 e. The summed E-state index contributed by atoms with van der Waals surface area (Å²) in [4.78, 5) is 25.9. The molecule has 30 heavy (non-hydrogen) atoms. The van der Waals surface area contributed by atoms with Crippen LogP contribution in [0.3, 0.4) is 0 Å². The third-order valence-corrected chi connectivity index (χ3v) is 5.94. The van der Waals surface area contributed by atoms with Crippen molar-refractivity contribution in [2.45, 2.75) is 38.3 Å². The van der Waals surface area contributed by atoms with E-state index in [4.69, 9.17) is 4.52 Å². The number of rotatable bonds is 7. The minimum atomic E-state index is -0.284. The lowest BCUT2D eigenvalue weighted by Gasteiger charge is -2.13. The topological polar surface area (TPSA) is 84.2 Å². The number of nitrogens with one attached hydrogen (secondary N) is 2. The predicted molar refractivity (Wildman–Crippen MR) is 119 cm³/mol. The number of benzene rings is 2. The number of para-hydroxylation sites is 1. The van der Waals surface area contributed by atoms with Crippen molar-refractivity contribution < 1.29 is 14.1 Å². The third-order valence-electron chi connectivity index (χ3n) is 4.84. The summed E-state index contributed by atoms with van der Waals surface area (Å²) in [5.41, 5.74) is 5.17. The van der Waals surface area contributed by atoms with E-state index in [0.29, 0.717) is 11.3 Å². The van der Waals surface area contributed by atoms with Gasteiger partial charge in [0.15, 0.2) is 0 Å². The quantitative estimate of drug-likeness (QED) is 0.544. The number of amides is 2. The van der Waals surface area contributed by atoms with Crippen molar-refractivity contribution >= 4 is 29.3 Å². The van der Waals surface area contributed by atoms with Crippen molar-refractivity contribution in [2.75, 3.05) is 11.9 Å². The first-order chi connectivity index (χ1) is 14.4. The van der Waals surface area contributed by atoms with E-state index in [1.165, 1.54) is 0 Å². The van der Waals surface area contributed by atoms with Crippen LogP contribution in [-0.2, 0) is 10.5 Å². The molecule has 2 aromatic carbocycles. The summed E-state index contributed by atoms with van der Waals surface area (Å²) in [6.07, 6.45) is 0. The molecular weight excluding hydrogens is 398 g/mol. The van der Waals surface area contributed by atoms with Gasteiger partial charge in [-0.1, -0.05) is 35.5 Å². The molecular formula is C23H25N3O3S. The van der Waals surface area contributed by atoms with Crippen LogP contribution in [-0.4, -0.2) is 23.5 Å².